The predicted octanol–water partition coefficient (Wildman–Crippen LogP) is 2.09. The molecule has 2 heteroatoms. The molecule has 0 bridgehead atoms. The third kappa shape index (κ3) is 3.10. The Balaban J connectivity index is 3.78. The van der Waals surface area contributed by atoms with E-state index in [9.17, 15) is 0 Å². The molecule has 0 aromatic rings. The van der Waals surface area contributed by atoms with Crippen LogP contribution in [0.5, 0.6) is 0 Å². The number of nitriles is 2. The first kappa shape index (κ1) is 8.98. The van der Waals surface area contributed by atoms with E-state index < -0.39 is 0 Å². The number of nitrogens with zero attached hydrogens (tertiary/aromatic N) is 2. The molecule has 0 aromatic heterocycles. The minimum atomic E-state index is 0.259. The minimum Gasteiger partial charge on any atom is -0.198 e. The molecule has 0 N–H and O–H groups in total. The van der Waals surface area contributed by atoms with Gasteiger partial charge in [-0.1, -0.05) is 13.8 Å². The highest BCUT2D eigenvalue weighted by Crippen LogP contribution is 2.17. The van der Waals surface area contributed by atoms with Gasteiger partial charge in [-0.15, -0.1) is 0 Å². The first-order valence-corrected chi connectivity index (χ1v) is 3.46. The molecule has 0 rings (SSSR count). The molecule has 0 heterocycles. The van der Waals surface area contributed by atoms with Crippen LogP contribution in [0.3, 0.4) is 0 Å². The summed E-state index contributed by atoms with van der Waals surface area (Å²) in [7, 11) is 0. The lowest BCUT2D eigenvalue weighted by molar-refractivity contribution is 0.399. The number of hydrogen-bond donors (Lipinski definition) is 0. The zero-order chi connectivity index (χ0) is 7.98. The van der Waals surface area contributed by atoms with Crippen molar-refractivity contribution in [3.8, 4) is 12.1 Å². The molecule has 54 valence electrons. The van der Waals surface area contributed by atoms with E-state index in [4.69, 9.17) is 10.5 Å². The summed E-state index contributed by atoms with van der Waals surface area (Å²) in [4.78, 5) is 0. The average Bonchev–Trinajstić information content (AvgIpc) is 1.87. The second-order valence-corrected chi connectivity index (χ2v) is 2.73. The summed E-state index contributed by atoms with van der Waals surface area (Å²) in [6.07, 6.45) is 1.01. The summed E-state index contributed by atoms with van der Waals surface area (Å²) in [6.45, 7) is 4.08. The van der Waals surface area contributed by atoms with Crippen LogP contribution in [0.2, 0.25) is 0 Å². The molecule has 2 nitrogen and oxygen atoms in total. The number of rotatable bonds is 3. The van der Waals surface area contributed by atoms with Crippen molar-refractivity contribution in [2.75, 3.05) is 0 Å². The maximum atomic E-state index is 8.35. The quantitative estimate of drug-likeness (QED) is 0.596. The first-order chi connectivity index (χ1) is 4.72. The SMILES string of the molecule is CC(C)C(CC#N)CC#N. The Labute approximate surface area is 62.1 Å². The maximum absolute atomic E-state index is 8.35. The molecule has 0 fully saturated rings. The Morgan fingerprint density at radius 1 is 1.10 bits per heavy atom. The van der Waals surface area contributed by atoms with E-state index in [0.717, 1.165) is 0 Å². The topological polar surface area (TPSA) is 47.6 Å². The number of hydrogen-bond acceptors (Lipinski definition) is 2. The molecule has 0 radical (unpaired) electrons. The minimum absolute atomic E-state index is 0.259. The van der Waals surface area contributed by atoms with Crippen molar-refractivity contribution >= 4 is 0 Å². The second kappa shape index (κ2) is 4.82. The molecule has 0 spiro atoms. The van der Waals surface area contributed by atoms with E-state index >= 15 is 0 Å². The maximum Gasteiger partial charge on any atom is 0.0625 e. The zero-order valence-electron chi connectivity index (χ0n) is 6.46. The molecular weight excluding hydrogens is 124 g/mol. The fourth-order valence-corrected chi connectivity index (χ4v) is 0.778. The van der Waals surface area contributed by atoms with Crippen LogP contribution in [-0.2, 0) is 0 Å². The van der Waals surface area contributed by atoms with Crippen molar-refractivity contribution in [1.82, 2.24) is 0 Å². The Hall–Kier alpha value is -1.02. The monoisotopic (exact) mass is 136 g/mol. The summed E-state index contributed by atoms with van der Waals surface area (Å²) in [5.41, 5.74) is 0. The van der Waals surface area contributed by atoms with Crippen molar-refractivity contribution in [2.45, 2.75) is 26.7 Å². The molecule has 0 atom stereocenters. The molecule has 0 unspecified atom stereocenters. The van der Waals surface area contributed by atoms with Crippen molar-refractivity contribution in [3.63, 3.8) is 0 Å². The molecule has 10 heavy (non-hydrogen) atoms. The highest BCUT2D eigenvalue weighted by molar-refractivity contribution is 4.84. The van der Waals surface area contributed by atoms with Crippen LogP contribution in [0.25, 0.3) is 0 Å². The van der Waals surface area contributed by atoms with Crippen molar-refractivity contribution in [1.29, 1.82) is 10.5 Å². The van der Waals surface area contributed by atoms with Gasteiger partial charge in [0.15, 0.2) is 0 Å². The van der Waals surface area contributed by atoms with E-state index in [0.29, 0.717) is 18.8 Å². The van der Waals surface area contributed by atoms with Gasteiger partial charge in [0.1, 0.15) is 0 Å². The van der Waals surface area contributed by atoms with Gasteiger partial charge < -0.3 is 0 Å². The second-order valence-electron chi connectivity index (χ2n) is 2.73. The van der Waals surface area contributed by atoms with E-state index in [1.54, 1.807) is 0 Å². The standard InChI is InChI=1S/C8H12N2/c1-7(2)8(3-5-9)4-6-10/h7-8H,3-4H2,1-2H3. The largest absolute Gasteiger partial charge is 0.198 e. The van der Waals surface area contributed by atoms with Crippen LogP contribution in [0.15, 0.2) is 0 Å². The lowest BCUT2D eigenvalue weighted by atomic mass is 9.91. The van der Waals surface area contributed by atoms with Gasteiger partial charge in [-0.2, -0.15) is 10.5 Å². The summed E-state index contributed by atoms with van der Waals surface area (Å²) in [5.74, 6) is 0.703. The van der Waals surface area contributed by atoms with E-state index in [1.165, 1.54) is 0 Å². The fourth-order valence-electron chi connectivity index (χ4n) is 0.778. The van der Waals surface area contributed by atoms with Gasteiger partial charge in [0.05, 0.1) is 12.1 Å². The van der Waals surface area contributed by atoms with Gasteiger partial charge in [-0.05, 0) is 11.8 Å². The Kier molecular flexibility index (Phi) is 4.33. The highest BCUT2D eigenvalue weighted by Gasteiger charge is 2.11. The summed E-state index contributed by atoms with van der Waals surface area (Å²) < 4.78 is 0. The van der Waals surface area contributed by atoms with Gasteiger partial charge >= 0.3 is 0 Å². The van der Waals surface area contributed by atoms with Gasteiger partial charge in [-0.3, -0.25) is 0 Å². The van der Waals surface area contributed by atoms with E-state index in [2.05, 4.69) is 12.1 Å². The van der Waals surface area contributed by atoms with Crippen molar-refractivity contribution in [2.24, 2.45) is 11.8 Å². The molecule has 0 aliphatic rings. The highest BCUT2D eigenvalue weighted by atomic mass is 14.3. The van der Waals surface area contributed by atoms with Gasteiger partial charge in [0.25, 0.3) is 0 Å². The van der Waals surface area contributed by atoms with Crippen LogP contribution in [-0.4, -0.2) is 0 Å². The first-order valence-electron chi connectivity index (χ1n) is 3.46. The molecule has 0 amide bonds. The molecule has 0 saturated carbocycles. The van der Waals surface area contributed by atoms with Crippen molar-refractivity contribution < 1.29 is 0 Å². The molecule has 0 saturated heterocycles. The average molecular weight is 136 g/mol. The van der Waals surface area contributed by atoms with E-state index in [1.807, 2.05) is 13.8 Å². The molecule has 0 aliphatic heterocycles. The van der Waals surface area contributed by atoms with Gasteiger partial charge in [0.2, 0.25) is 0 Å². The Bertz CT molecular complexity index is 143. The van der Waals surface area contributed by atoms with Crippen molar-refractivity contribution in [3.05, 3.63) is 0 Å². The smallest absolute Gasteiger partial charge is 0.0625 e. The normalized spacial score (nSPS) is 9.40. The van der Waals surface area contributed by atoms with Crippen LogP contribution in [0.4, 0.5) is 0 Å². The third-order valence-corrected chi connectivity index (χ3v) is 1.65. The predicted molar refractivity (Wildman–Crippen MR) is 38.8 cm³/mol. The molecule has 0 aliphatic carbocycles. The Morgan fingerprint density at radius 3 is 1.70 bits per heavy atom. The summed E-state index contributed by atoms with van der Waals surface area (Å²) in [5, 5.41) is 16.7. The van der Waals surface area contributed by atoms with Crippen LogP contribution < -0.4 is 0 Å². The fraction of sp³-hybridized carbons (Fsp3) is 0.750. The lowest BCUT2D eigenvalue weighted by Crippen LogP contribution is -2.06. The van der Waals surface area contributed by atoms with Crippen LogP contribution in [0, 0.1) is 34.5 Å². The molecule has 0 aromatic carbocycles. The van der Waals surface area contributed by atoms with Crippen LogP contribution in [0.1, 0.15) is 26.7 Å². The van der Waals surface area contributed by atoms with Gasteiger partial charge in [0, 0.05) is 12.8 Å². The zero-order valence-corrected chi connectivity index (χ0v) is 6.46. The third-order valence-electron chi connectivity index (χ3n) is 1.65. The Morgan fingerprint density at radius 2 is 1.50 bits per heavy atom. The lowest BCUT2D eigenvalue weighted by Gasteiger charge is -2.12. The van der Waals surface area contributed by atoms with E-state index in [-0.39, 0.29) is 5.92 Å². The molecular formula is C8H12N2. The summed E-state index contributed by atoms with van der Waals surface area (Å²) >= 11 is 0. The van der Waals surface area contributed by atoms with Gasteiger partial charge in [-0.25, -0.2) is 0 Å². The van der Waals surface area contributed by atoms with Crippen LogP contribution >= 0.6 is 0 Å². The summed E-state index contributed by atoms with van der Waals surface area (Å²) in [6, 6.07) is 4.17.